The van der Waals surface area contributed by atoms with Crippen LogP contribution in [0, 0.1) is 17.0 Å². The quantitative estimate of drug-likeness (QED) is 0.406. The second kappa shape index (κ2) is 6.33. The summed E-state index contributed by atoms with van der Waals surface area (Å²) < 4.78 is 5.85. The van der Waals surface area contributed by atoms with Crippen LogP contribution in [0.15, 0.2) is 71.1 Å². The van der Waals surface area contributed by atoms with Gasteiger partial charge < -0.3 is 9.40 Å². The minimum absolute atomic E-state index is 0.00833. The highest BCUT2D eigenvalue weighted by Crippen LogP contribution is 2.34. The number of nitrogens with one attached hydrogen (secondary N) is 1. The van der Waals surface area contributed by atoms with Gasteiger partial charge in [-0.3, -0.25) is 10.1 Å². The lowest BCUT2D eigenvalue weighted by Crippen LogP contribution is -1.90. The molecule has 0 fully saturated rings. The van der Waals surface area contributed by atoms with Crippen LogP contribution < -0.4 is 0 Å². The molecule has 0 aliphatic carbocycles. The molecule has 128 valence electrons. The van der Waals surface area contributed by atoms with Crippen molar-refractivity contribution in [3.8, 4) is 34.2 Å². The van der Waals surface area contributed by atoms with Crippen LogP contribution in [0.25, 0.3) is 34.2 Å². The van der Waals surface area contributed by atoms with Crippen LogP contribution in [-0.2, 0) is 0 Å². The van der Waals surface area contributed by atoms with Gasteiger partial charge in [-0.15, -0.1) is 0 Å². The molecule has 0 radical (unpaired) electrons. The first-order valence-corrected chi connectivity index (χ1v) is 8.09. The van der Waals surface area contributed by atoms with Gasteiger partial charge in [-0.2, -0.15) is 0 Å². The van der Waals surface area contributed by atoms with E-state index >= 15 is 0 Å². The average Bonchev–Trinajstić information content (AvgIpc) is 3.29. The predicted molar refractivity (Wildman–Crippen MR) is 98.6 cm³/mol. The Morgan fingerprint density at radius 2 is 1.65 bits per heavy atom. The summed E-state index contributed by atoms with van der Waals surface area (Å²) in [6.07, 6.45) is 0. The molecule has 4 aromatic rings. The van der Waals surface area contributed by atoms with Crippen molar-refractivity contribution in [3.05, 3.63) is 82.5 Å². The summed E-state index contributed by atoms with van der Waals surface area (Å²) in [5.41, 5.74) is 3.24. The van der Waals surface area contributed by atoms with Crippen LogP contribution >= 0.6 is 0 Å². The molecule has 0 saturated heterocycles. The van der Waals surface area contributed by atoms with Crippen molar-refractivity contribution < 1.29 is 9.34 Å². The molecule has 6 nitrogen and oxygen atoms in total. The van der Waals surface area contributed by atoms with Gasteiger partial charge in [0.25, 0.3) is 5.69 Å². The number of aryl methyl sites for hydroxylation is 1. The van der Waals surface area contributed by atoms with Crippen LogP contribution in [0.4, 0.5) is 5.69 Å². The molecule has 0 atom stereocenters. The predicted octanol–water partition coefficient (Wildman–Crippen LogP) is 5.22. The third-order valence-corrected chi connectivity index (χ3v) is 4.14. The molecule has 2 aromatic carbocycles. The molecule has 0 aliphatic rings. The van der Waals surface area contributed by atoms with Crippen molar-refractivity contribution in [1.29, 1.82) is 0 Å². The Hall–Kier alpha value is -3.67. The van der Waals surface area contributed by atoms with E-state index in [1.165, 1.54) is 6.07 Å². The third-order valence-electron chi connectivity index (χ3n) is 4.14. The number of hydrogen-bond donors (Lipinski definition) is 1. The number of imidazole rings is 1. The van der Waals surface area contributed by atoms with E-state index in [0.29, 0.717) is 22.9 Å². The summed E-state index contributed by atoms with van der Waals surface area (Å²) in [7, 11) is 0. The zero-order chi connectivity index (χ0) is 18.1. The minimum Gasteiger partial charge on any atom is -0.453 e. The Morgan fingerprint density at radius 1 is 0.962 bits per heavy atom. The van der Waals surface area contributed by atoms with Crippen molar-refractivity contribution >= 4 is 5.69 Å². The molecule has 0 unspecified atom stereocenters. The van der Waals surface area contributed by atoms with Gasteiger partial charge in [-0.05, 0) is 25.1 Å². The molecule has 0 spiro atoms. The number of aromatic amines is 1. The highest BCUT2D eigenvalue weighted by molar-refractivity contribution is 5.72. The van der Waals surface area contributed by atoms with Crippen LogP contribution in [0.5, 0.6) is 0 Å². The van der Waals surface area contributed by atoms with Crippen molar-refractivity contribution in [2.24, 2.45) is 0 Å². The Bertz CT molecular complexity index is 1080. The van der Waals surface area contributed by atoms with Crippen LogP contribution in [0.3, 0.4) is 0 Å². The van der Waals surface area contributed by atoms with E-state index in [2.05, 4.69) is 9.97 Å². The number of H-pyrrole nitrogens is 1. The molecule has 0 bridgehead atoms. The molecule has 1 N–H and O–H groups in total. The zero-order valence-corrected chi connectivity index (χ0v) is 14.0. The number of hydrogen-bond acceptors (Lipinski definition) is 4. The highest BCUT2D eigenvalue weighted by Gasteiger charge is 2.19. The minimum atomic E-state index is -0.415. The SMILES string of the molecule is Cc1[nH]c(-c2ccc(-c3ccccc3[N+](=O)[O-])o2)nc1-c1ccccc1. The largest absolute Gasteiger partial charge is 0.453 e. The number of rotatable bonds is 4. The topological polar surface area (TPSA) is 85.0 Å². The lowest BCUT2D eigenvalue weighted by atomic mass is 10.1. The van der Waals surface area contributed by atoms with Gasteiger partial charge in [-0.1, -0.05) is 42.5 Å². The fourth-order valence-corrected chi connectivity index (χ4v) is 2.91. The number of nitrogens with zero attached hydrogens (tertiary/aromatic N) is 2. The number of para-hydroxylation sites is 1. The molecule has 26 heavy (non-hydrogen) atoms. The van der Waals surface area contributed by atoms with E-state index in [1.54, 1.807) is 30.3 Å². The summed E-state index contributed by atoms with van der Waals surface area (Å²) in [5, 5.41) is 11.2. The van der Waals surface area contributed by atoms with E-state index in [0.717, 1.165) is 17.0 Å². The number of furan rings is 1. The molecule has 0 saturated carbocycles. The second-order valence-corrected chi connectivity index (χ2v) is 5.86. The summed E-state index contributed by atoms with van der Waals surface area (Å²) in [6, 6.07) is 19.9. The van der Waals surface area contributed by atoms with Crippen LogP contribution in [0.1, 0.15) is 5.69 Å². The molecule has 2 heterocycles. The van der Waals surface area contributed by atoms with Crippen LogP contribution in [-0.4, -0.2) is 14.9 Å². The Balaban J connectivity index is 1.73. The Kier molecular flexibility index (Phi) is 3.85. The normalized spacial score (nSPS) is 10.8. The van der Waals surface area contributed by atoms with Gasteiger partial charge in [0.05, 0.1) is 16.2 Å². The van der Waals surface area contributed by atoms with Crippen molar-refractivity contribution in [3.63, 3.8) is 0 Å². The molecule has 6 heteroatoms. The Labute approximate surface area is 149 Å². The standard InChI is InChI=1S/C20H15N3O3/c1-13-19(14-7-3-2-4-8-14)22-20(21-13)18-12-11-17(26-18)15-9-5-6-10-16(15)23(24)25/h2-12H,1H3,(H,21,22). The fraction of sp³-hybridized carbons (Fsp3) is 0.0500. The smallest absolute Gasteiger partial charge is 0.280 e. The second-order valence-electron chi connectivity index (χ2n) is 5.86. The summed E-state index contributed by atoms with van der Waals surface area (Å²) >= 11 is 0. The number of nitro groups is 1. The van der Waals surface area contributed by atoms with E-state index in [-0.39, 0.29) is 5.69 Å². The third kappa shape index (κ3) is 2.77. The average molecular weight is 345 g/mol. The fourth-order valence-electron chi connectivity index (χ4n) is 2.91. The molecule has 4 rings (SSSR count). The monoisotopic (exact) mass is 345 g/mol. The van der Waals surface area contributed by atoms with Crippen molar-refractivity contribution in [2.45, 2.75) is 6.92 Å². The van der Waals surface area contributed by atoms with Gasteiger partial charge in [0.15, 0.2) is 11.6 Å². The number of benzene rings is 2. The number of aromatic nitrogens is 2. The highest BCUT2D eigenvalue weighted by atomic mass is 16.6. The zero-order valence-electron chi connectivity index (χ0n) is 14.0. The first kappa shape index (κ1) is 15.8. The maximum Gasteiger partial charge on any atom is 0.280 e. The van der Waals surface area contributed by atoms with Gasteiger partial charge in [0.2, 0.25) is 0 Å². The molecular formula is C20H15N3O3. The number of nitro benzene ring substituents is 1. The molecule has 2 aromatic heterocycles. The molecule has 0 aliphatic heterocycles. The Morgan fingerprint density at radius 3 is 2.42 bits per heavy atom. The first-order chi connectivity index (χ1) is 12.6. The summed E-state index contributed by atoms with van der Waals surface area (Å²) in [6.45, 7) is 1.95. The molecular weight excluding hydrogens is 330 g/mol. The van der Waals surface area contributed by atoms with Crippen molar-refractivity contribution in [2.75, 3.05) is 0 Å². The van der Waals surface area contributed by atoms with E-state index in [4.69, 9.17) is 4.42 Å². The molecule has 0 amide bonds. The van der Waals surface area contributed by atoms with E-state index < -0.39 is 4.92 Å². The van der Waals surface area contributed by atoms with E-state index in [9.17, 15) is 10.1 Å². The van der Waals surface area contributed by atoms with Crippen LogP contribution in [0.2, 0.25) is 0 Å². The lowest BCUT2D eigenvalue weighted by Gasteiger charge is -1.99. The van der Waals surface area contributed by atoms with E-state index in [1.807, 2.05) is 37.3 Å². The lowest BCUT2D eigenvalue weighted by molar-refractivity contribution is -0.384. The summed E-state index contributed by atoms with van der Waals surface area (Å²) in [4.78, 5) is 18.7. The van der Waals surface area contributed by atoms with Gasteiger partial charge in [-0.25, -0.2) is 4.98 Å². The maximum absolute atomic E-state index is 11.2. The van der Waals surface area contributed by atoms with Crippen molar-refractivity contribution in [1.82, 2.24) is 9.97 Å². The van der Waals surface area contributed by atoms with Gasteiger partial charge >= 0.3 is 0 Å². The van der Waals surface area contributed by atoms with Gasteiger partial charge in [0, 0.05) is 17.3 Å². The summed E-state index contributed by atoms with van der Waals surface area (Å²) in [5.74, 6) is 1.55. The maximum atomic E-state index is 11.2. The van der Waals surface area contributed by atoms with Gasteiger partial charge in [0.1, 0.15) is 5.76 Å². The first-order valence-electron chi connectivity index (χ1n) is 8.09.